The maximum absolute atomic E-state index is 12.4. The molecule has 3 heterocycles. The number of carbonyl (C=O) groups is 1. The van der Waals surface area contributed by atoms with Crippen LogP contribution in [0.3, 0.4) is 0 Å². The Morgan fingerprint density at radius 2 is 2.20 bits per heavy atom. The molecule has 0 spiro atoms. The number of imidazole rings is 1. The van der Waals surface area contributed by atoms with Gasteiger partial charge in [0.05, 0.1) is 18.3 Å². The van der Waals surface area contributed by atoms with E-state index in [0.717, 1.165) is 38.1 Å². The van der Waals surface area contributed by atoms with Gasteiger partial charge in [-0.1, -0.05) is 5.16 Å². The monoisotopic (exact) mass is 343 g/mol. The van der Waals surface area contributed by atoms with Gasteiger partial charge in [0.2, 0.25) is 5.91 Å². The summed E-state index contributed by atoms with van der Waals surface area (Å²) in [5.74, 6) is 2.23. The molecule has 1 amide bonds. The Bertz CT molecular complexity index is 779. The quantitative estimate of drug-likeness (QED) is 0.922. The van der Waals surface area contributed by atoms with E-state index in [2.05, 4.69) is 27.0 Å². The van der Waals surface area contributed by atoms with Crippen LogP contribution in [0.4, 0.5) is 5.82 Å². The van der Waals surface area contributed by atoms with E-state index in [-0.39, 0.29) is 11.9 Å². The third-order valence-corrected chi connectivity index (χ3v) is 5.31. The zero-order valence-electron chi connectivity index (χ0n) is 14.9. The van der Waals surface area contributed by atoms with Crippen molar-refractivity contribution in [2.24, 2.45) is 7.05 Å². The number of aryl methyl sites for hydroxylation is 2. The fourth-order valence-electron chi connectivity index (χ4n) is 4.10. The summed E-state index contributed by atoms with van der Waals surface area (Å²) in [7, 11) is 2.13. The molecule has 2 aliphatic rings. The number of nitrogens with zero attached hydrogens (tertiary/aromatic N) is 4. The van der Waals surface area contributed by atoms with Crippen molar-refractivity contribution in [3.05, 3.63) is 29.0 Å². The second-order valence-electron chi connectivity index (χ2n) is 7.13. The van der Waals surface area contributed by atoms with E-state index in [9.17, 15) is 4.79 Å². The minimum Gasteiger partial charge on any atom is -0.360 e. The topological polar surface area (TPSA) is 76.2 Å². The summed E-state index contributed by atoms with van der Waals surface area (Å²) in [5.41, 5.74) is 2.65. The largest absolute Gasteiger partial charge is 0.360 e. The van der Waals surface area contributed by atoms with Gasteiger partial charge in [0, 0.05) is 18.8 Å². The van der Waals surface area contributed by atoms with Crippen LogP contribution < -0.4 is 5.32 Å². The average Bonchev–Trinajstić information content (AvgIpc) is 3.28. The number of carbonyl (C=O) groups excluding carboxylic acids is 1. The van der Waals surface area contributed by atoms with Crippen molar-refractivity contribution >= 4 is 11.7 Å². The van der Waals surface area contributed by atoms with E-state index in [1.807, 2.05) is 6.92 Å². The lowest BCUT2D eigenvalue weighted by molar-refractivity contribution is -0.117. The smallest absolute Gasteiger partial charge is 0.239 e. The molecule has 25 heavy (non-hydrogen) atoms. The third kappa shape index (κ3) is 3.20. The van der Waals surface area contributed by atoms with Crippen LogP contribution >= 0.6 is 0 Å². The number of hydrogen-bond donors (Lipinski definition) is 1. The number of hydrogen-bond acceptors (Lipinski definition) is 5. The molecule has 1 aliphatic carbocycles. The molecular weight excluding hydrogens is 318 g/mol. The molecule has 1 saturated heterocycles. The Balaban J connectivity index is 1.47. The lowest BCUT2D eigenvalue weighted by atomic mass is 10.0. The molecule has 1 aliphatic heterocycles. The first-order chi connectivity index (χ1) is 12.1. The van der Waals surface area contributed by atoms with Gasteiger partial charge in [-0.3, -0.25) is 9.69 Å². The first kappa shape index (κ1) is 16.3. The molecule has 0 radical (unpaired) electrons. The Morgan fingerprint density at radius 1 is 1.36 bits per heavy atom. The molecule has 7 heteroatoms. The molecular formula is C18H25N5O2. The molecule has 0 unspecified atom stereocenters. The summed E-state index contributed by atoms with van der Waals surface area (Å²) < 4.78 is 7.27. The number of amides is 1. The first-order valence-electron chi connectivity index (χ1n) is 9.13. The summed E-state index contributed by atoms with van der Waals surface area (Å²) in [5, 5.41) is 6.64. The molecule has 1 fully saturated rings. The molecule has 2 aromatic heterocycles. The fraction of sp³-hybridized carbons (Fsp3) is 0.611. The summed E-state index contributed by atoms with van der Waals surface area (Å²) in [6.07, 6.45) is 6.84. The predicted octanol–water partition coefficient (Wildman–Crippen LogP) is 2.37. The fourth-order valence-corrected chi connectivity index (χ4v) is 4.10. The molecule has 0 saturated carbocycles. The van der Waals surface area contributed by atoms with Gasteiger partial charge in [-0.2, -0.15) is 0 Å². The normalized spacial score (nSPS) is 20.6. The van der Waals surface area contributed by atoms with Crippen molar-refractivity contribution in [2.45, 2.75) is 51.5 Å². The molecule has 134 valence electrons. The summed E-state index contributed by atoms with van der Waals surface area (Å²) in [4.78, 5) is 19.5. The molecule has 2 aromatic rings. The Hall–Kier alpha value is -2.15. The lowest BCUT2D eigenvalue weighted by Crippen LogP contribution is -2.34. The van der Waals surface area contributed by atoms with Crippen LogP contribution in [0, 0.1) is 6.92 Å². The zero-order chi connectivity index (χ0) is 17.4. The third-order valence-electron chi connectivity index (χ3n) is 5.31. The van der Waals surface area contributed by atoms with Gasteiger partial charge >= 0.3 is 0 Å². The molecule has 1 N–H and O–H groups in total. The van der Waals surface area contributed by atoms with Crippen LogP contribution in [0.1, 0.15) is 54.7 Å². The van der Waals surface area contributed by atoms with Crippen LogP contribution in [-0.2, 0) is 24.7 Å². The van der Waals surface area contributed by atoms with E-state index in [1.54, 1.807) is 6.07 Å². The van der Waals surface area contributed by atoms with Crippen LogP contribution in [0.25, 0.3) is 0 Å². The average molecular weight is 343 g/mol. The lowest BCUT2D eigenvalue weighted by Gasteiger charge is -2.23. The highest BCUT2D eigenvalue weighted by molar-refractivity contribution is 5.91. The van der Waals surface area contributed by atoms with Crippen LogP contribution in [0.15, 0.2) is 10.6 Å². The van der Waals surface area contributed by atoms with Crippen molar-refractivity contribution in [1.82, 2.24) is 19.6 Å². The van der Waals surface area contributed by atoms with Gasteiger partial charge in [0.1, 0.15) is 11.6 Å². The standard InChI is InChI=1S/C18H25N5O2/c1-12-10-16(21-25-12)20-17(24)11-23-9-5-8-15(23)18-19-13-6-3-4-7-14(13)22(18)2/h10,15H,3-9,11H2,1-2H3,(H,20,21,24)/t15-/m1/s1. The van der Waals surface area contributed by atoms with Gasteiger partial charge in [0.25, 0.3) is 0 Å². The highest BCUT2D eigenvalue weighted by atomic mass is 16.5. The van der Waals surface area contributed by atoms with Crippen LogP contribution in [-0.4, -0.2) is 38.6 Å². The molecule has 7 nitrogen and oxygen atoms in total. The summed E-state index contributed by atoms with van der Waals surface area (Å²) >= 11 is 0. The number of fused-ring (bicyclic) bond motifs is 1. The maximum atomic E-state index is 12.4. The highest BCUT2D eigenvalue weighted by Gasteiger charge is 2.32. The van der Waals surface area contributed by atoms with Gasteiger partial charge in [-0.15, -0.1) is 0 Å². The molecule has 1 atom stereocenters. The van der Waals surface area contributed by atoms with Gasteiger partial charge in [-0.05, 0) is 52.0 Å². The minimum atomic E-state index is -0.0563. The van der Waals surface area contributed by atoms with Crippen molar-refractivity contribution < 1.29 is 9.32 Å². The zero-order valence-corrected chi connectivity index (χ0v) is 14.9. The second kappa shape index (κ2) is 6.63. The first-order valence-corrected chi connectivity index (χ1v) is 9.13. The van der Waals surface area contributed by atoms with Gasteiger partial charge < -0.3 is 14.4 Å². The van der Waals surface area contributed by atoms with E-state index < -0.39 is 0 Å². The minimum absolute atomic E-state index is 0.0563. The number of anilines is 1. The Labute approximate surface area is 147 Å². The van der Waals surface area contributed by atoms with E-state index in [4.69, 9.17) is 9.51 Å². The maximum Gasteiger partial charge on any atom is 0.239 e. The van der Waals surface area contributed by atoms with Crippen molar-refractivity contribution in [3.8, 4) is 0 Å². The number of aromatic nitrogens is 3. The van der Waals surface area contributed by atoms with Crippen molar-refractivity contribution in [2.75, 3.05) is 18.4 Å². The van der Waals surface area contributed by atoms with E-state index in [0.29, 0.717) is 18.1 Å². The predicted molar refractivity (Wildman–Crippen MR) is 93.3 cm³/mol. The van der Waals surface area contributed by atoms with Crippen LogP contribution in [0.5, 0.6) is 0 Å². The molecule has 4 rings (SSSR count). The Kier molecular flexibility index (Phi) is 4.33. The van der Waals surface area contributed by atoms with Gasteiger partial charge in [0.15, 0.2) is 5.82 Å². The molecule has 0 aromatic carbocycles. The van der Waals surface area contributed by atoms with E-state index in [1.165, 1.54) is 24.2 Å². The summed E-state index contributed by atoms with van der Waals surface area (Å²) in [6, 6.07) is 1.95. The Morgan fingerprint density at radius 3 is 2.96 bits per heavy atom. The van der Waals surface area contributed by atoms with E-state index >= 15 is 0 Å². The van der Waals surface area contributed by atoms with Crippen molar-refractivity contribution in [3.63, 3.8) is 0 Å². The number of likely N-dealkylation sites (tertiary alicyclic amines) is 1. The second-order valence-corrected chi connectivity index (χ2v) is 7.13. The SMILES string of the molecule is Cc1cc(NC(=O)CN2CCC[C@@H]2c2nc3c(n2C)CCCC3)no1. The molecule has 0 bridgehead atoms. The number of nitrogens with one attached hydrogen (secondary N) is 1. The number of rotatable bonds is 4. The summed E-state index contributed by atoms with van der Waals surface area (Å²) in [6.45, 7) is 3.09. The van der Waals surface area contributed by atoms with Crippen molar-refractivity contribution in [1.29, 1.82) is 0 Å². The van der Waals surface area contributed by atoms with Crippen LogP contribution in [0.2, 0.25) is 0 Å². The highest BCUT2D eigenvalue weighted by Crippen LogP contribution is 2.33. The van der Waals surface area contributed by atoms with Gasteiger partial charge in [-0.25, -0.2) is 4.98 Å².